The van der Waals surface area contributed by atoms with Gasteiger partial charge in [0, 0.05) is 19.2 Å². The van der Waals surface area contributed by atoms with Gasteiger partial charge in [-0.3, -0.25) is 10.3 Å². The quantitative estimate of drug-likeness (QED) is 0.303. The summed E-state index contributed by atoms with van der Waals surface area (Å²) in [6.45, 7) is 0.726. The second kappa shape index (κ2) is 5.30. The second-order valence-corrected chi connectivity index (χ2v) is 3.43. The predicted molar refractivity (Wildman–Crippen MR) is 61.5 cm³/mol. The molecule has 15 heavy (non-hydrogen) atoms. The smallest absolute Gasteiger partial charge is 0.322 e. The van der Waals surface area contributed by atoms with E-state index in [0.717, 1.165) is 0 Å². The summed E-state index contributed by atoms with van der Waals surface area (Å²) < 4.78 is 0. The van der Waals surface area contributed by atoms with Crippen molar-refractivity contribution in [3.8, 4) is 0 Å². The minimum Gasteiger partial charge on any atom is -0.388 e. The highest BCUT2D eigenvalue weighted by molar-refractivity contribution is 7.80. The molecule has 7 heteroatoms. The summed E-state index contributed by atoms with van der Waals surface area (Å²) in [5.74, 6) is 0.0591. The molecule has 0 atom stereocenters. The first-order chi connectivity index (χ1) is 7.09. The van der Waals surface area contributed by atoms with E-state index in [1.54, 1.807) is 12.3 Å². The molecule has 82 valence electrons. The summed E-state index contributed by atoms with van der Waals surface area (Å²) in [6, 6.07) is -0.234. The van der Waals surface area contributed by atoms with Gasteiger partial charge in [-0.05, 0) is 6.08 Å². The zero-order valence-electron chi connectivity index (χ0n) is 8.12. The Morgan fingerprint density at radius 3 is 3.07 bits per heavy atom. The first-order valence-electron chi connectivity index (χ1n) is 4.43. The average Bonchev–Trinajstić information content (AvgIpc) is 2.18. The number of thiocarbonyl (C=S) groups is 1. The summed E-state index contributed by atoms with van der Waals surface area (Å²) in [6.07, 6.45) is 3.61. The molecule has 0 fully saturated rings. The minimum absolute atomic E-state index is 0.0591. The van der Waals surface area contributed by atoms with Crippen LogP contribution in [0.5, 0.6) is 0 Å². The molecule has 1 rings (SSSR count). The van der Waals surface area contributed by atoms with Crippen molar-refractivity contribution in [1.29, 1.82) is 5.41 Å². The van der Waals surface area contributed by atoms with E-state index in [-0.39, 0.29) is 11.9 Å². The summed E-state index contributed by atoms with van der Waals surface area (Å²) in [5.41, 5.74) is 5.15. The molecule has 0 saturated carbocycles. The molecule has 0 aromatic heterocycles. The number of nitrogens with one attached hydrogen (secondary N) is 3. The molecule has 0 aromatic rings. The number of rotatable bonds is 3. The van der Waals surface area contributed by atoms with Gasteiger partial charge in [0.2, 0.25) is 0 Å². The van der Waals surface area contributed by atoms with Gasteiger partial charge in [0.15, 0.2) is 0 Å². The number of hydrogen-bond acceptors (Lipinski definition) is 3. The highest BCUT2D eigenvalue weighted by atomic mass is 32.1. The fraction of sp³-hybridized carbons (Fsp3) is 0.375. The molecule has 0 unspecified atom stereocenters. The van der Waals surface area contributed by atoms with Crippen LogP contribution in [-0.2, 0) is 0 Å². The largest absolute Gasteiger partial charge is 0.388 e. The Kier molecular flexibility index (Phi) is 4.04. The Morgan fingerprint density at radius 1 is 1.80 bits per heavy atom. The normalized spacial score (nSPS) is 14.7. The Balaban J connectivity index is 2.31. The SMILES string of the molecule is N=C(N)CCNC(=O)N1C=CC(=S)NC1. The van der Waals surface area contributed by atoms with Crippen molar-refractivity contribution in [2.24, 2.45) is 5.73 Å². The fourth-order valence-electron chi connectivity index (χ4n) is 0.978. The maximum Gasteiger partial charge on any atom is 0.322 e. The molecule has 5 N–H and O–H groups in total. The van der Waals surface area contributed by atoms with E-state index in [1.807, 2.05) is 0 Å². The molecule has 0 bridgehead atoms. The van der Waals surface area contributed by atoms with Gasteiger partial charge < -0.3 is 16.4 Å². The lowest BCUT2D eigenvalue weighted by atomic mass is 10.4. The third-order valence-corrected chi connectivity index (χ3v) is 2.04. The van der Waals surface area contributed by atoms with Crippen LogP contribution in [0.15, 0.2) is 12.3 Å². The Bertz CT molecular complexity index is 314. The standard InChI is InChI=1S/C8H13N5OS/c9-6(10)1-3-11-8(14)13-4-2-7(15)12-5-13/h2,4H,1,3,5H2,(H3,9,10)(H,11,14)(H,12,15). The van der Waals surface area contributed by atoms with E-state index in [9.17, 15) is 4.79 Å². The predicted octanol–water partition coefficient (Wildman–Crippen LogP) is -0.274. The van der Waals surface area contributed by atoms with Crippen molar-refractivity contribution in [1.82, 2.24) is 15.5 Å². The molecule has 1 aliphatic rings. The number of carbonyl (C=O) groups excluding carboxylic acids is 1. The highest BCUT2D eigenvalue weighted by Crippen LogP contribution is 1.96. The van der Waals surface area contributed by atoms with Crippen molar-refractivity contribution in [3.05, 3.63) is 12.3 Å². The highest BCUT2D eigenvalue weighted by Gasteiger charge is 2.12. The van der Waals surface area contributed by atoms with Crippen LogP contribution < -0.4 is 16.4 Å². The van der Waals surface area contributed by atoms with Gasteiger partial charge in [-0.25, -0.2) is 4.79 Å². The van der Waals surface area contributed by atoms with Crippen LogP contribution in [-0.4, -0.2) is 35.0 Å². The summed E-state index contributed by atoms with van der Waals surface area (Å²) in [7, 11) is 0. The van der Waals surface area contributed by atoms with Crippen LogP contribution in [0, 0.1) is 5.41 Å². The van der Waals surface area contributed by atoms with Crippen LogP contribution in [0.3, 0.4) is 0 Å². The number of hydrogen-bond donors (Lipinski definition) is 4. The molecule has 1 aliphatic heterocycles. The van der Waals surface area contributed by atoms with Crippen molar-refractivity contribution in [2.75, 3.05) is 13.2 Å². The molecule has 0 aromatic carbocycles. The second-order valence-electron chi connectivity index (χ2n) is 2.99. The molecular weight excluding hydrogens is 214 g/mol. The third-order valence-electron chi connectivity index (χ3n) is 1.76. The van der Waals surface area contributed by atoms with E-state index in [4.69, 9.17) is 23.4 Å². The molecule has 0 saturated heterocycles. The lowest BCUT2D eigenvalue weighted by Crippen LogP contribution is -2.45. The van der Waals surface area contributed by atoms with Gasteiger partial charge in [0.25, 0.3) is 0 Å². The van der Waals surface area contributed by atoms with Crippen LogP contribution in [0.4, 0.5) is 4.79 Å². The molecular formula is C8H13N5OS. The minimum atomic E-state index is -0.234. The number of carbonyl (C=O) groups is 1. The topological polar surface area (TPSA) is 94.2 Å². The Morgan fingerprint density at radius 2 is 2.53 bits per heavy atom. The molecule has 0 spiro atoms. The molecule has 2 amide bonds. The number of amidine groups is 1. The number of amides is 2. The zero-order valence-corrected chi connectivity index (χ0v) is 8.93. The molecule has 0 radical (unpaired) electrons. The number of urea groups is 1. The maximum absolute atomic E-state index is 11.5. The maximum atomic E-state index is 11.5. The van der Waals surface area contributed by atoms with Gasteiger partial charge in [0.1, 0.15) is 4.99 Å². The van der Waals surface area contributed by atoms with Crippen LogP contribution >= 0.6 is 12.2 Å². The van der Waals surface area contributed by atoms with E-state index in [0.29, 0.717) is 24.6 Å². The van der Waals surface area contributed by atoms with Gasteiger partial charge in [0.05, 0.1) is 12.5 Å². The monoisotopic (exact) mass is 227 g/mol. The van der Waals surface area contributed by atoms with Gasteiger partial charge >= 0.3 is 6.03 Å². The van der Waals surface area contributed by atoms with E-state index in [2.05, 4.69) is 10.6 Å². The third kappa shape index (κ3) is 3.94. The molecule has 6 nitrogen and oxygen atoms in total. The van der Waals surface area contributed by atoms with E-state index >= 15 is 0 Å². The van der Waals surface area contributed by atoms with Gasteiger partial charge in [-0.1, -0.05) is 12.2 Å². The number of nitrogens with two attached hydrogens (primary N) is 1. The molecule has 1 heterocycles. The van der Waals surface area contributed by atoms with E-state index in [1.165, 1.54) is 4.90 Å². The average molecular weight is 227 g/mol. The fourth-order valence-corrected chi connectivity index (χ4v) is 1.10. The van der Waals surface area contributed by atoms with E-state index < -0.39 is 0 Å². The number of nitrogens with zero attached hydrogens (tertiary/aromatic N) is 1. The zero-order chi connectivity index (χ0) is 11.3. The van der Waals surface area contributed by atoms with Crippen molar-refractivity contribution >= 4 is 29.1 Å². The summed E-state index contributed by atoms with van der Waals surface area (Å²) in [4.78, 5) is 13.5. The Labute approximate surface area is 93.0 Å². The van der Waals surface area contributed by atoms with Gasteiger partial charge in [-0.2, -0.15) is 0 Å². The van der Waals surface area contributed by atoms with Crippen LogP contribution in [0.2, 0.25) is 0 Å². The first kappa shape index (κ1) is 11.4. The lowest BCUT2D eigenvalue weighted by Gasteiger charge is -2.23. The summed E-state index contributed by atoms with van der Waals surface area (Å²) >= 11 is 4.87. The van der Waals surface area contributed by atoms with Crippen LogP contribution in [0.25, 0.3) is 0 Å². The lowest BCUT2D eigenvalue weighted by molar-refractivity contribution is 0.214. The van der Waals surface area contributed by atoms with Crippen LogP contribution in [0.1, 0.15) is 6.42 Å². The van der Waals surface area contributed by atoms with Crippen molar-refractivity contribution < 1.29 is 4.79 Å². The van der Waals surface area contributed by atoms with Gasteiger partial charge in [-0.15, -0.1) is 0 Å². The molecule has 0 aliphatic carbocycles. The van der Waals surface area contributed by atoms with Crippen molar-refractivity contribution in [3.63, 3.8) is 0 Å². The van der Waals surface area contributed by atoms with Crippen molar-refractivity contribution in [2.45, 2.75) is 6.42 Å². The Hall–Kier alpha value is -1.63. The first-order valence-corrected chi connectivity index (χ1v) is 4.84. The summed E-state index contributed by atoms with van der Waals surface area (Å²) in [5, 5.41) is 12.5.